The number of carbonyl (C=O) groups is 1. The summed E-state index contributed by atoms with van der Waals surface area (Å²) in [5.41, 5.74) is 0.794. The molecule has 0 aliphatic carbocycles. The summed E-state index contributed by atoms with van der Waals surface area (Å²) in [5, 5.41) is 0. The molecule has 0 atom stereocenters. The van der Waals surface area contributed by atoms with Crippen molar-refractivity contribution in [3.05, 3.63) is 54.5 Å². The summed E-state index contributed by atoms with van der Waals surface area (Å²) < 4.78 is 29.0. The van der Waals surface area contributed by atoms with E-state index in [2.05, 4.69) is 24.7 Å². The first kappa shape index (κ1) is 18.2. The van der Waals surface area contributed by atoms with Gasteiger partial charge in [0, 0.05) is 30.2 Å². The number of ether oxygens (including phenoxy) is 3. The highest BCUT2D eigenvalue weighted by Crippen LogP contribution is 2.30. The molecule has 9 heteroatoms. The van der Waals surface area contributed by atoms with Crippen LogP contribution >= 0.6 is 0 Å². The Balaban J connectivity index is 1.85. The van der Waals surface area contributed by atoms with Gasteiger partial charge in [0.1, 0.15) is 11.6 Å². The topological polar surface area (TPSA) is 96.3 Å². The number of nitrogens with zero attached hydrogens (tertiary/aromatic N) is 4. The fourth-order valence-electron chi connectivity index (χ4n) is 2.15. The maximum atomic E-state index is 13.3. The van der Waals surface area contributed by atoms with E-state index in [1.54, 1.807) is 19.2 Å². The lowest BCUT2D eigenvalue weighted by molar-refractivity contribution is 0.0600. The zero-order chi connectivity index (χ0) is 19.2. The first-order valence-corrected chi connectivity index (χ1v) is 7.92. The SMILES string of the molecule is CCOc1cc(F)cnc1Oc1cncc(-c2ncc(C(=O)OC)cn2)c1. The molecule has 0 amide bonds. The van der Waals surface area contributed by atoms with Gasteiger partial charge in [-0.3, -0.25) is 4.98 Å². The minimum Gasteiger partial charge on any atom is -0.488 e. The second-order valence-electron chi connectivity index (χ2n) is 5.19. The number of carbonyl (C=O) groups excluding carboxylic acids is 1. The van der Waals surface area contributed by atoms with Gasteiger partial charge < -0.3 is 14.2 Å². The Bertz CT molecular complexity index is 950. The maximum absolute atomic E-state index is 13.3. The molecular formula is C18H15FN4O4. The van der Waals surface area contributed by atoms with E-state index in [-0.39, 0.29) is 17.2 Å². The van der Waals surface area contributed by atoms with Crippen LogP contribution in [0, 0.1) is 5.82 Å². The molecule has 0 spiro atoms. The van der Waals surface area contributed by atoms with Gasteiger partial charge in [-0.15, -0.1) is 0 Å². The van der Waals surface area contributed by atoms with E-state index in [1.807, 2.05) is 0 Å². The fourth-order valence-corrected chi connectivity index (χ4v) is 2.15. The molecule has 0 unspecified atom stereocenters. The van der Waals surface area contributed by atoms with Gasteiger partial charge in [0.05, 0.1) is 31.7 Å². The Morgan fingerprint density at radius 2 is 1.85 bits per heavy atom. The Kier molecular flexibility index (Phi) is 5.50. The molecule has 0 aromatic carbocycles. The highest BCUT2D eigenvalue weighted by atomic mass is 19.1. The summed E-state index contributed by atoms with van der Waals surface area (Å²) in [7, 11) is 1.28. The summed E-state index contributed by atoms with van der Waals surface area (Å²) >= 11 is 0. The van der Waals surface area contributed by atoms with Crippen LogP contribution in [0.3, 0.4) is 0 Å². The first-order chi connectivity index (χ1) is 13.1. The summed E-state index contributed by atoms with van der Waals surface area (Å²) in [4.78, 5) is 27.7. The molecule has 0 N–H and O–H groups in total. The van der Waals surface area contributed by atoms with Crippen LogP contribution < -0.4 is 9.47 Å². The molecule has 0 saturated heterocycles. The average Bonchev–Trinajstić information content (AvgIpc) is 2.70. The molecule has 8 nitrogen and oxygen atoms in total. The van der Waals surface area contributed by atoms with Crippen molar-refractivity contribution in [2.75, 3.05) is 13.7 Å². The second kappa shape index (κ2) is 8.17. The van der Waals surface area contributed by atoms with Crippen LogP contribution in [0.25, 0.3) is 11.4 Å². The van der Waals surface area contributed by atoms with E-state index in [1.165, 1.54) is 31.8 Å². The number of hydrogen-bond donors (Lipinski definition) is 0. The molecule has 0 saturated carbocycles. The second-order valence-corrected chi connectivity index (χ2v) is 5.19. The Morgan fingerprint density at radius 1 is 1.07 bits per heavy atom. The van der Waals surface area contributed by atoms with E-state index < -0.39 is 11.8 Å². The van der Waals surface area contributed by atoms with Gasteiger partial charge in [-0.25, -0.2) is 24.1 Å². The van der Waals surface area contributed by atoms with Crippen molar-refractivity contribution in [2.24, 2.45) is 0 Å². The Labute approximate surface area is 154 Å². The van der Waals surface area contributed by atoms with Crippen LogP contribution in [-0.4, -0.2) is 39.6 Å². The minimum atomic E-state index is -0.531. The molecule has 27 heavy (non-hydrogen) atoms. The van der Waals surface area contributed by atoms with Crippen LogP contribution in [-0.2, 0) is 4.74 Å². The zero-order valence-electron chi connectivity index (χ0n) is 14.5. The van der Waals surface area contributed by atoms with Crippen molar-refractivity contribution in [1.82, 2.24) is 19.9 Å². The van der Waals surface area contributed by atoms with E-state index in [9.17, 15) is 9.18 Å². The van der Waals surface area contributed by atoms with Crippen molar-refractivity contribution < 1.29 is 23.4 Å². The fraction of sp³-hybridized carbons (Fsp3) is 0.167. The predicted molar refractivity (Wildman–Crippen MR) is 92.0 cm³/mol. The number of halogens is 1. The number of methoxy groups -OCH3 is 1. The lowest BCUT2D eigenvalue weighted by Crippen LogP contribution is -2.03. The van der Waals surface area contributed by atoms with Crippen molar-refractivity contribution in [2.45, 2.75) is 6.92 Å². The standard InChI is InChI=1S/C18H15FN4O4/c1-3-26-15-5-13(19)9-23-17(15)27-14-4-11(6-20-10-14)16-21-7-12(8-22-16)18(24)25-2/h4-10H,3H2,1-2H3. The molecule has 3 aromatic heterocycles. The van der Waals surface area contributed by atoms with Gasteiger partial charge in [0.25, 0.3) is 5.88 Å². The third-order valence-corrected chi connectivity index (χ3v) is 3.34. The molecule has 3 heterocycles. The third-order valence-electron chi connectivity index (χ3n) is 3.34. The normalized spacial score (nSPS) is 10.3. The number of aromatic nitrogens is 4. The smallest absolute Gasteiger partial charge is 0.341 e. The lowest BCUT2D eigenvalue weighted by Gasteiger charge is -2.10. The number of rotatable bonds is 6. The molecule has 0 bridgehead atoms. The van der Waals surface area contributed by atoms with Crippen LogP contribution in [0.2, 0.25) is 0 Å². The number of hydrogen-bond acceptors (Lipinski definition) is 8. The summed E-state index contributed by atoms with van der Waals surface area (Å²) in [6.07, 6.45) is 6.76. The van der Waals surface area contributed by atoms with Crippen molar-refractivity contribution >= 4 is 5.97 Å². The van der Waals surface area contributed by atoms with E-state index in [0.29, 0.717) is 23.7 Å². The molecule has 0 aliphatic rings. The summed E-state index contributed by atoms with van der Waals surface area (Å²) in [6, 6.07) is 2.83. The number of esters is 1. The predicted octanol–water partition coefficient (Wildman–Crippen LogP) is 3.05. The monoisotopic (exact) mass is 370 g/mol. The van der Waals surface area contributed by atoms with Gasteiger partial charge >= 0.3 is 5.97 Å². The Hall–Kier alpha value is -3.62. The van der Waals surface area contributed by atoms with Crippen molar-refractivity contribution in [3.8, 4) is 28.8 Å². The molecule has 0 radical (unpaired) electrons. The quantitative estimate of drug-likeness (QED) is 0.611. The lowest BCUT2D eigenvalue weighted by atomic mass is 10.2. The maximum Gasteiger partial charge on any atom is 0.341 e. The van der Waals surface area contributed by atoms with E-state index in [0.717, 1.165) is 6.20 Å². The zero-order valence-corrected chi connectivity index (χ0v) is 14.5. The molecule has 0 aliphatic heterocycles. The molecule has 3 aromatic rings. The highest BCUT2D eigenvalue weighted by molar-refractivity contribution is 5.88. The van der Waals surface area contributed by atoms with Gasteiger partial charge in [-0.05, 0) is 13.0 Å². The van der Waals surface area contributed by atoms with Gasteiger partial charge in [-0.1, -0.05) is 0 Å². The average molecular weight is 370 g/mol. The van der Waals surface area contributed by atoms with Crippen LogP contribution in [0.15, 0.2) is 43.1 Å². The van der Waals surface area contributed by atoms with Crippen molar-refractivity contribution in [3.63, 3.8) is 0 Å². The highest BCUT2D eigenvalue weighted by Gasteiger charge is 2.12. The van der Waals surface area contributed by atoms with Crippen molar-refractivity contribution in [1.29, 1.82) is 0 Å². The van der Waals surface area contributed by atoms with E-state index >= 15 is 0 Å². The summed E-state index contributed by atoms with van der Waals surface area (Å²) in [5.74, 6) is -0.0778. The summed E-state index contributed by atoms with van der Waals surface area (Å²) in [6.45, 7) is 2.10. The largest absolute Gasteiger partial charge is 0.488 e. The molecular weight excluding hydrogens is 355 g/mol. The third kappa shape index (κ3) is 4.32. The first-order valence-electron chi connectivity index (χ1n) is 7.92. The van der Waals surface area contributed by atoms with Gasteiger partial charge in [0.2, 0.25) is 0 Å². The van der Waals surface area contributed by atoms with Crippen LogP contribution in [0.4, 0.5) is 4.39 Å². The van der Waals surface area contributed by atoms with Crippen LogP contribution in [0.5, 0.6) is 17.4 Å². The minimum absolute atomic E-state index is 0.110. The van der Waals surface area contributed by atoms with Crippen LogP contribution in [0.1, 0.15) is 17.3 Å². The van der Waals surface area contributed by atoms with E-state index in [4.69, 9.17) is 9.47 Å². The van der Waals surface area contributed by atoms with Gasteiger partial charge in [0.15, 0.2) is 11.6 Å². The molecule has 3 rings (SSSR count). The number of pyridine rings is 2. The van der Waals surface area contributed by atoms with Gasteiger partial charge in [-0.2, -0.15) is 0 Å². The molecule has 138 valence electrons. The molecule has 0 fully saturated rings. The Morgan fingerprint density at radius 3 is 2.56 bits per heavy atom.